The van der Waals surface area contributed by atoms with E-state index in [9.17, 15) is 9.90 Å². The smallest absolute Gasteiger partial charge is 0.224 e. The monoisotopic (exact) mass is 274 g/mol. The standard InChI is InChI=1S/C14H18N4O2/c1-9-11(10(2)18(3)17-9)4-5-14(20)16-12-6-7-15-8-13(12)19/h6-8,19H,4-5H2,1-3H3,(H,15,16,20). The van der Waals surface area contributed by atoms with Crippen LogP contribution in [0.4, 0.5) is 5.69 Å². The topological polar surface area (TPSA) is 80.0 Å². The molecule has 2 aromatic heterocycles. The summed E-state index contributed by atoms with van der Waals surface area (Å²) in [6, 6.07) is 1.56. The number of aromatic nitrogens is 3. The summed E-state index contributed by atoms with van der Waals surface area (Å²) in [6.07, 6.45) is 3.79. The van der Waals surface area contributed by atoms with Crippen molar-refractivity contribution in [1.29, 1.82) is 0 Å². The summed E-state index contributed by atoms with van der Waals surface area (Å²) in [5.41, 5.74) is 3.50. The van der Waals surface area contributed by atoms with Crippen molar-refractivity contribution in [2.45, 2.75) is 26.7 Å². The van der Waals surface area contributed by atoms with Gasteiger partial charge in [0.05, 0.1) is 17.6 Å². The molecule has 0 aromatic carbocycles. The number of aryl methyl sites for hydroxylation is 2. The van der Waals surface area contributed by atoms with Crippen molar-refractivity contribution in [2.75, 3.05) is 5.32 Å². The Kier molecular flexibility index (Phi) is 4.02. The van der Waals surface area contributed by atoms with Crippen LogP contribution in [0.3, 0.4) is 0 Å². The van der Waals surface area contributed by atoms with E-state index in [1.54, 1.807) is 6.07 Å². The van der Waals surface area contributed by atoms with E-state index in [0.717, 1.165) is 17.0 Å². The Morgan fingerprint density at radius 3 is 2.80 bits per heavy atom. The zero-order valence-electron chi connectivity index (χ0n) is 11.8. The lowest BCUT2D eigenvalue weighted by Crippen LogP contribution is -2.13. The molecule has 0 saturated carbocycles. The predicted octanol–water partition coefficient (Wildman–Crippen LogP) is 1.71. The third-order valence-corrected chi connectivity index (χ3v) is 3.34. The molecule has 6 nitrogen and oxygen atoms in total. The minimum absolute atomic E-state index is 0.0328. The number of nitrogens with zero attached hydrogens (tertiary/aromatic N) is 3. The highest BCUT2D eigenvalue weighted by atomic mass is 16.3. The zero-order chi connectivity index (χ0) is 14.7. The van der Waals surface area contributed by atoms with Crippen LogP contribution in [0.1, 0.15) is 23.4 Å². The van der Waals surface area contributed by atoms with Crippen LogP contribution >= 0.6 is 0 Å². The molecule has 2 aromatic rings. The minimum Gasteiger partial charge on any atom is -0.504 e. The molecule has 106 valence electrons. The van der Waals surface area contributed by atoms with Crippen molar-refractivity contribution >= 4 is 11.6 Å². The molecule has 2 N–H and O–H groups in total. The molecule has 2 rings (SSSR count). The number of pyridine rings is 1. The van der Waals surface area contributed by atoms with Crippen molar-refractivity contribution in [2.24, 2.45) is 7.05 Å². The summed E-state index contributed by atoms with van der Waals surface area (Å²) in [5, 5.41) is 16.5. The fraction of sp³-hybridized carbons (Fsp3) is 0.357. The van der Waals surface area contributed by atoms with E-state index in [1.807, 2.05) is 25.6 Å². The van der Waals surface area contributed by atoms with Gasteiger partial charge in [-0.1, -0.05) is 0 Å². The lowest BCUT2D eigenvalue weighted by molar-refractivity contribution is -0.116. The van der Waals surface area contributed by atoms with E-state index < -0.39 is 0 Å². The highest BCUT2D eigenvalue weighted by Gasteiger charge is 2.12. The molecule has 0 atom stereocenters. The molecule has 0 unspecified atom stereocenters. The summed E-state index contributed by atoms with van der Waals surface area (Å²) >= 11 is 0. The Morgan fingerprint density at radius 2 is 2.20 bits per heavy atom. The van der Waals surface area contributed by atoms with E-state index >= 15 is 0 Å². The van der Waals surface area contributed by atoms with Crippen LogP contribution in [-0.4, -0.2) is 25.8 Å². The Morgan fingerprint density at radius 1 is 1.45 bits per heavy atom. The van der Waals surface area contributed by atoms with Crippen LogP contribution < -0.4 is 5.32 Å². The highest BCUT2D eigenvalue weighted by Crippen LogP contribution is 2.21. The largest absolute Gasteiger partial charge is 0.504 e. The van der Waals surface area contributed by atoms with Crippen molar-refractivity contribution in [3.05, 3.63) is 35.4 Å². The van der Waals surface area contributed by atoms with Crippen LogP contribution in [0, 0.1) is 13.8 Å². The van der Waals surface area contributed by atoms with E-state index in [4.69, 9.17) is 0 Å². The Labute approximate surface area is 117 Å². The first kappa shape index (κ1) is 14.0. The highest BCUT2D eigenvalue weighted by molar-refractivity contribution is 5.92. The van der Waals surface area contributed by atoms with Gasteiger partial charge in [-0.15, -0.1) is 0 Å². The number of aromatic hydroxyl groups is 1. The van der Waals surface area contributed by atoms with Crippen LogP contribution in [0.5, 0.6) is 5.75 Å². The molecule has 2 heterocycles. The Bertz CT molecular complexity index is 634. The van der Waals surface area contributed by atoms with Gasteiger partial charge in [-0.3, -0.25) is 14.5 Å². The molecule has 0 fully saturated rings. The van der Waals surface area contributed by atoms with E-state index in [-0.39, 0.29) is 11.7 Å². The molecule has 1 amide bonds. The fourth-order valence-corrected chi connectivity index (χ4v) is 2.12. The summed E-state index contributed by atoms with van der Waals surface area (Å²) in [7, 11) is 1.89. The average Bonchev–Trinajstić information content (AvgIpc) is 2.64. The van der Waals surface area contributed by atoms with Gasteiger partial charge in [0.15, 0.2) is 5.75 Å². The molecule has 0 bridgehead atoms. The first-order valence-corrected chi connectivity index (χ1v) is 6.41. The van der Waals surface area contributed by atoms with Gasteiger partial charge in [0.2, 0.25) is 5.91 Å². The number of carbonyl (C=O) groups excluding carboxylic acids is 1. The third-order valence-electron chi connectivity index (χ3n) is 3.34. The number of anilines is 1. The molecule has 0 aliphatic heterocycles. The number of nitrogens with one attached hydrogen (secondary N) is 1. The van der Waals surface area contributed by atoms with Crippen molar-refractivity contribution in [3.8, 4) is 5.75 Å². The second-order valence-electron chi connectivity index (χ2n) is 4.71. The minimum atomic E-state index is -0.144. The molecule has 0 spiro atoms. The quantitative estimate of drug-likeness (QED) is 0.889. The second-order valence-corrected chi connectivity index (χ2v) is 4.71. The molecule has 0 radical (unpaired) electrons. The molecular formula is C14H18N4O2. The van der Waals surface area contributed by atoms with Crippen LogP contribution in [0.25, 0.3) is 0 Å². The summed E-state index contributed by atoms with van der Waals surface area (Å²) in [5.74, 6) is -0.177. The number of hydrogen-bond acceptors (Lipinski definition) is 4. The van der Waals surface area contributed by atoms with Crippen molar-refractivity contribution < 1.29 is 9.90 Å². The van der Waals surface area contributed by atoms with Gasteiger partial charge >= 0.3 is 0 Å². The summed E-state index contributed by atoms with van der Waals surface area (Å²) in [6.45, 7) is 3.93. The normalized spacial score (nSPS) is 10.6. The molecule has 0 aliphatic rings. The maximum atomic E-state index is 11.9. The fourth-order valence-electron chi connectivity index (χ4n) is 2.12. The number of carbonyl (C=O) groups is 1. The summed E-state index contributed by atoms with van der Waals surface area (Å²) < 4.78 is 1.82. The first-order chi connectivity index (χ1) is 9.49. The Balaban J connectivity index is 1.98. The van der Waals surface area contributed by atoms with Crippen LogP contribution in [0.2, 0.25) is 0 Å². The molecule has 6 heteroatoms. The molecular weight excluding hydrogens is 256 g/mol. The van der Waals surface area contributed by atoms with Gasteiger partial charge in [-0.2, -0.15) is 5.10 Å². The van der Waals surface area contributed by atoms with E-state index in [1.165, 1.54) is 12.4 Å². The van der Waals surface area contributed by atoms with Gasteiger partial charge in [0.1, 0.15) is 0 Å². The lowest BCUT2D eigenvalue weighted by Gasteiger charge is -2.06. The van der Waals surface area contributed by atoms with E-state index in [2.05, 4.69) is 15.4 Å². The third kappa shape index (κ3) is 2.96. The average molecular weight is 274 g/mol. The maximum absolute atomic E-state index is 11.9. The predicted molar refractivity (Wildman–Crippen MR) is 75.5 cm³/mol. The number of hydrogen-bond donors (Lipinski definition) is 2. The van der Waals surface area contributed by atoms with Gasteiger partial charge in [-0.25, -0.2) is 0 Å². The Hall–Kier alpha value is -2.37. The van der Waals surface area contributed by atoms with Crippen LogP contribution in [-0.2, 0) is 18.3 Å². The summed E-state index contributed by atoms with van der Waals surface area (Å²) in [4.78, 5) is 15.7. The molecule has 20 heavy (non-hydrogen) atoms. The first-order valence-electron chi connectivity index (χ1n) is 6.41. The zero-order valence-corrected chi connectivity index (χ0v) is 11.8. The molecule has 0 aliphatic carbocycles. The SMILES string of the molecule is Cc1nn(C)c(C)c1CCC(=O)Nc1ccncc1O. The van der Waals surface area contributed by atoms with Gasteiger partial charge < -0.3 is 10.4 Å². The van der Waals surface area contributed by atoms with Gasteiger partial charge in [0.25, 0.3) is 0 Å². The van der Waals surface area contributed by atoms with Gasteiger partial charge in [0, 0.05) is 25.4 Å². The van der Waals surface area contributed by atoms with Crippen molar-refractivity contribution in [1.82, 2.24) is 14.8 Å². The van der Waals surface area contributed by atoms with Gasteiger partial charge in [-0.05, 0) is 31.9 Å². The maximum Gasteiger partial charge on any atom is 0.224 e. The number of amides is 1. The second kappa shape index (κ2) is 5.73. The molecule has 0 saturated heterocycles. The van der Waals surface area contributed by atoms with Crippen LogP contribution in [0.15, 0.2) is 18.5 Å². The van der Waals surface area contributed by atoms with E-state index in [0.29, 0.717) is 18.5 Å². The van der Waals surface area contributed by atoms with Crippen molar-refractivity contribution in [3.63, 3.8) is 0 Å². The lowest BCUT2D eigenvalue weighted by atomic mass is 10.1. The number of rotatable bonds is 4.